The highest BCUT2D eigenvalue weighted by Crippen LogP contribution is 2.41. The third kappa shape index (κ3) is 4.68. The van der Waals surface area contributed by atoms with Crippen LogP contribution in [0.15, 0.2) is 92.9 Å². The fraction of sp³-hybridized carbons (Fsp3) is 0.125. The molecule has 6 aromatic rings. The van der Waals surface area contributed by atoms with E-state index in [0.29, 0.717) is 17.0 Å². The van der Waals surface area contributed by atoms with Gasteiger partial charge in [0, 0.05) is 6.07 Å². The molecule has 3 heterocycles. The summed E-state index contributed by atoms with van der Waals surface area (Å²) in [5.74, 6) is -0.452. The zero-order valence-electron chi connectivity index (χ0n) is 23.1. The number of nitrogens with one attached hydrogen (secondary N) is 4. The molecule has 0 amide bonds. The van der Waals surface area contributed by atoms with E-state index in [2.05, 4.69) is 20.4 Å². The van der Waals surface area contributed by atoms with Crippen LogP contribution >= 0.6 is 0 Å². The van der Waals surface area contributed by atoms with Gasteiger partial charge in [-0.15, -0.1) is 0 Å². The minimum absolute atomic E-state index is 0.105. The largest absolute Gasteiger partial charge is 0.460 e. The number of aromatic nitrogens is 4. The second-order valence-electron chi connectivity index (χ2n) is 10.4. The molecule has 4 N–H and O–H groups in total. The first kappa shape index (κ1) is 26.6. The van der Waals surface area contributed by atoms with Gasteiger partial charge in [0.2, 0.25) is 0 Å². The van der Waals surface area contributed by atoms with Crippen LogP contribution in [0.1, 0.15) is 39.5 Å². The van der Waals surface area contributed by atoms with Gasteiger partial charge in [0.15, 0.2) is 0 Å². The minimum Gasteiger partial charge on any atom is -0.460 e. The molecule has 3 aromatic heterocycles. The summed E-state index contributed by atoms with van der Waals surface area (Å²) in [6.45, 7) is 5.71. The lowest BCUT2D eigenvalue weighted by atomic mass is 9.86. The van der Waals surface area contributed by atoms with Crippen molar-refractivity contribution >= 4 is 5.69 Å². The van der Waals surface area contributed by atoms with Crippen LogP contribution in [0.2, 0.25) is 0 Å². The van der Waals surface area contributed by atoms with Crippen molar-refractivity contribution in [3.05, 3.63) is 143 Å². The quantitative estimate of drug-likeness (QED) is 0.133. The van der Waals surface area contributed by atoms with Gasteiger partial charge in [-0.1, -0.05) is 65.7 Å². The van der Waals surface area contributed by atoms with Crippen LogP contribution < -0.4 is 11.1 Å². The molecule has 0 unspecified atom stereocenters. The molecule has 0 bridgehead atoms. The summed E-state index contributed by atoms with van der Waals surface area (Å²) in [6, 6.07) is 23.4. The van der Waals surface area contributed by atoms with Crippen LogP contribution in [-0.4, -0.2) is 25.3 Å². The second kappa shape index (κ2) is 10.4. The van der Waals surface area contributed by atoms with Crippen molar-refractivity contribution < 1.29 is 9.34 Å². The van der Waals surface area contributed by atoms with E-state index in [1.807, 2.05) is 62.4 Å². The lowest BCUT2D eigenvalue weighted by molar-refractivity contribution is -0.384. The number of rotatable bonds is 7. The van der Waals surface area contributed by atoms with Gasteiger partial charge in [0.05, 0.1) is 38.9 Å². The summed E-state index contributed by atoms with van der Waals surface area (Å²) in [7, 11) is 0. The second-order valence-corrected chi connectivity index (χ2v) is 10.4. The van der Waals surface area contributed by atoms with Gasteiger partial charge in [-0.05, 0) is 55.7 Å². The number of H-pyrrole nitrogens is 4. The van der Waals surface area contributed by atoms with Crippen molar-refractivity contribution in [1.82, 2.24) is 20.4 Å². The summed E-state index contributed by atoms with van der Waals surface area (Å²) >= 11 is 0. The van der Waals surface area contributed by atoms with E-state index in [0.717, 1.165) is 27.8 Å². The molecule has 0 spiro atoms. The van der Waals surface area contributed by atoms with Gasteiger partial charge in [-0.3, -0.25) is 40.1 Å². The van der Waals surface area contributed by atoms with Crippen molar-refractivity contribution in [2.24, 2.45) is 0 Å². The SMILES string of the molecule is Cc1ccc(-c2[nH][nH]c(=O)c2C(c2ccc(-c3ccc(C)cc3[N+](=O)[O-])o2)c2c(-c3ccc(C)cc3)[nH][nH]c2=O)cc1. The number of hydrogen-bond acceptors (Lipinski definition) is 5. The Morgan fingerprint density at radius 2 is 1.17 bits per heavy atom. The lowest BCUT2D eigenvalue weighted by Gasteiger charge is -2.15. The Bertz CT molecular complexity index is 1940. The molecule has 42 heavy (non-hydrogen) atoms. The predicted octanol–water partition coefficient (Wildman–Crippen LogP) is 6.33. The van der Waals surface area contributed by atoms with Crippen LogP contribution in [-0.2, 0) is 0 Å². The van der Waals surface area contributed by atoms with E-state index in [4.69, 9.17) is 4.42 Å². The fourth-order valence-electron chi connectivity index (χ4n) is 5.26. The van der Waals surface area contributed by atoms with Gasteiger partial charge >= 0.3 is 0 Å². The number of aromatic amines is 4. The lowest BCUT2D eigenvalue weighted by Crippen LogP contribution is -2.19. The molecule has 0 atom stereocenters. The average molecular weight is 562 g/mol. The number of aryl methyl sites for hydroxylation is 3. The number of nitrogens with zero attached hydrogens (tertiary/aromatic N) is 1. The third-order valence-electron chi connectivity index (χ3n) is 7.41. The Morgan fingerprint density at radius 1 is 0.667 bits per heavy atom. The van der Waals surface area contributed by atoms with Gasteiger partial charge in [-0.25, -0.2) is 0 Å². The molecular formula is C32H27N5O5. The molecule has 0 saturated heterocycles. The van der Waals surface area contributed by atoms with E-state index in [1.54, 1.807) is 31.2 Å². The van der Waals surface area contributed by atoms with Gasteiger partial charge in [0.25, 0.3) is 16.8 Å². The molecular weight excluding hydrogens is 534 g/mol. The molecule has 0 fully saturated rings. The molecule has 0 aliphatic heterocycles. The van der Waals surface area contributed by atoms with E-state index >= 15 is 0 Å². The van der Waals surface area contributed by atoms with Crippen LogP contribution in [0.3, 0.4) is 0 Å². The molecule has 0 radical (unpaired) electrons. The van der Waals surface area contributed by atoms with Crippen LogP contribution in [0.5, 0.6) is 0 Å². The van der Waals surface area contributed by atoms with Gasteiger partial charge in [-0.2, -0.15) is 0 Å². The highest BCUT2D eigenvalue weighted by atomic mass is 16.6. The highest BCUT2D eigenvalue weighted by molar-refractivity contribution is 5.73. The van der Waals surface area contributed by atoms with E-state index in [9.17, 15) is 19.7 Å². The van der Waals surface area contributed by atoms with Crippen molar-refractivity contribution in [3.63, 3.8) is 0 Å². The van der Waals surface area contributed by atoms with E-state index in [1.165, 1.54) is 6.07 Å². The number of nitro groups is 1. The van der Waals surface area contributed by atoms with Gasteiger partial charge in [0.1, 0.15) is 11.5 Å². The number of hydrogen-bond donors (Lipinski definition) is 4. The van der Waals surface area contributed by atoms with Crippen molar-refractivity contribution in [3.8, 4) is 33.8 Å². The normalized spacial score (nSPS) is 11.3. The Balaban J connectivity index is 1.60. The zero-order valence-corrected chi connectivity index (χ0v) is 23.1. The molecule has 3 aromatic carbocycles. The van der Waals surface area contributed by atoms with E-state index < -0.39 is 22.0 Å². The third-order valence-corrected chi connectivity index (χ3v) is 7.41. The number of furan rings is 1. The molecule has 0 saturated carbocycles. The maximum absolute atomic E-state index is 13.5. The highest BCUT2D eigenvalue weighted by Gasteiger charge is 2.34. The summed E-state index contributed by atoms with van der Waals surface area (Å²) < 4.78 is 6.30. The maximum atomic E-state index is 13.5. The Kier molecular flexibility index (Phi) is 6.58. The zero-order chi connectivity index (χ0) is 29.5. The summed E-state index contributed by atoms with van der Waals surface area (Å²) in [4.78, 5) is 38.4. The minimum atomic E-state index is -0.971. The standard InChI is InChI=1S/C32H27N5O5/c1-17-4-9-20(10-5-17)29-27(31(38)35-33-29)26(28-30(34-36-32(28)39)21-11-6-18(2)7-12-21)25-15-14-24(42-25)22-13-8-19(3)16-23(22)37(40)41/h4-16,26H,1-3H3,(H2,33,35,38)(H2,34,36,39). The maximum Gasteiger partial charge on any atom is 0.280 e. The fourth-order valence-corrected chi connectivity index (χ4v) is 5.26. The molecule has 0 aliphatic carbocycles. The van der Waals surface area contributed by atoms with Crippen LogP contribution in [0.25, 0.3) is 33.8 Å². The summed E-state index contributed by atoms with van der Waals surface area (Å²) in [6.07, 6.45) is 0. The average Bonchev–Trinajstić information content (AvgIpc) is 3.70. The summed E-state index contributed by atoms with van der Waals surface area (Å²) in [5.41, 5.74) is 5.20. The number of nitro benzene ring substituents is 1. The molecule has 210 valence electrons. The summed E-state index contributed by atoms with van der Waals surface area (Å²) in [5, 5.41) is 23.2. The molecule has 6 rings (SSSR count). The predicted molar refractivity (Wildman–Crippen MR) is 160 cm³/mol. The molecule has 10 heteroatoms. The Morgan fingerprint density at radius 3 is 1.67 bits per heavy atom. The Labute approximate surface area is 239 Å². The molecule has 0 aliphatic rings. The van der Waals surface area contributed by atoms with E-state index in [-0.39, 0.29) is 28.3 Å². The van der Waals surface area contributed by atoms with Crippen molar-refractivity contribution in [2.75, 3.05) is 0 Å². The topological polar surface area (TPSA) is 154 Å². The van der Waals surface area contributed by atoms with Crippen molar-refractivity contribution in [1.29, 1.82) is 0 Å². The number of benzene rings is 3. The molecule has 10 nitrogen and oxygen atoms in total. The smallest absolute Gasteiger partial charge is 0.280 e. The Hall–Kier alpha value is -5.64. The van der Waals surface area contributed by atoms with Gasteiger partial charge < -0.3 is 4.42 Å². The first-order chi connectivity index (χ1) is 20.2. The first-order valence-corrected chi connectivity index (χ1v) is 13.3. The van der Waals surface area contributed by atoms with Crippen LogP contribution in [0, 0.1) is 30.9 Å². The van der Waals surface area contributed by atoms with Crippen molar-refractivity contribution in [2.45, 2.75) is 26.7 Å². The van der Waals surface area contributed by atoms with Crippen LogP contribution in [0.4, 0.5) is 5.69 Å². The first-order valence-electron chi connectivity index (χ1n) is 13.3. The monoisotopic (exact) mass is 561 g/mol.